The van der Waals surface area contributed by atoms with Crippen LogP contribution < -0.4 is 5.14 Å². The van der Waals surface area contributed by atoms with Gasteiger partial charge in [0.15, 0.2) is 0 Å². The number of hydrogen-bond donors (Lipinski definition) is 2. The minimum absolute atomic E-state index is 0.0980. The van der Waals surface area contributed by atoms with E-state index in [-0.39, 0.29) is 3.82 Å². The van der Waals surface area contributed by atoms with Crippen LogP contribution in [-0.4, -0.2) is 37.5 Å². The summed E-state index contributed by atoms with van der Waals surface area (Å²) in [7, 11) is -8.33. The lowest BCUT2D eigenvalue weighted by atomic mass is 10.8. The summed E-state index contributed by atoms with van der Waals surface area (Å²) in [5, 5.41) is 4.50. The van der Waals surface area contributed by atoms with Crippen LogP contribution in [0.1, 0.15) is 0 Å². The number of nitrogens with two attached hydrogens (primary N) is 1. The van der Waals surface area contributed by atoms with Crippen molar-refractivity contribution in [3.05, 3.63) is 0 Å². The van der Waals surface area contributed by atoms with Gasteiger partial charge in [0, 0.05) is 6.54 Å². The second-order valence-corrected chi connectivity index (χ2v) is 5.49. The molecule has 0 unspecified atom stereocenters. The number of halogens is 1. The average molecular weight is 239 g/mol. The molecule has 0 aliphatic rings. The van der Waals surface area contributed by atoms with Gasteiger partial charge in [-0.25, -0.2) is 5.14 Å². The summed E-state index contributed by atoms with van der Waals surface area (Å²) in [5.41, 5.74) is 0. The molecule has 3 N–H and O–H groups in total. The second kappa shape index (κ2) is 3.85. The summed E-state index contributed by atoms with van der Waals surface area (Å²) in [4.78, 5) is 0. The van der Waals surface area contributed by atoms with Gasteiger partial charge in [-0.3, -0.25) is 4.55 Å². The third-order valence-electron chi connectivity index (χ3n) is 0.801. The van der Waals surface area contributed by atoms with Gasteiger partial charge in [-0.1, -0.05) is 3.82 Å². The lowest BCUT2D eigenvalue weighted by molar-refractivity contribution is 0.477. The molecule has 0 saturated heterocycles. The Morgan fingerprint density at radius 3 is 2.00 bits per heavy atom. The molecule has 0 heterocycles. The molecule has 0 aromatic heterocycles. The number of nitrogens with zero attached hydrogens (tertiary/aromatic N) is 1. The molecule has 0 atom stereocenters. The number of hydrogen-bond acceptors (Lipinski definition) is 4. The molecular formula is C2H7ClN2O5S2. The van der Waals surface area contributed by atoms with Crippen LogP contribution in [-0.2, 0) is 20.3 Å². The zero-order valence-corrected chi connectivity index (χ0v) is 8.10. The molecule has 0 aromatic carbocycles. The maximum Gasteiger partial charge on any atom is 0.290 e. The van der Waals surface area contributed by atoms with Gasteiger partial charge in [-0.05, 0) is 11.8 Å². The molecule has 0 spiro atoms. The van der Waals surface area contributed by atoms with Crippen molar-refractivity contribution in [2.75, 3.05) is 12.3 Å². The topological polar surface area (TPSA) is 118 Å². The molecule has 10 heteroatoms. The maximum atomic E-state index is 10.3. The summed E-state index contributed by atoms with van der Waals surface area (Å²) >= 11 is 5.01. The average Bonchev–Trinajstić information content (AvgIpc) is 1.78. The first-order chi connectivity index (χ1) is 5.13. The third-order valence-corrected chi connectivity index (χ3v) is 2.98. The molecule has 0 radical (unpaired) electrons. The quantitative estimate of drug-likeness (QED) is 0.458. The van der Waals surface area contributed by atoms with Crippen LogP contribution in [0.4, 0.5) is 0 Å². The smallest absolute Gasteiger partial charge is 0.286 e. The van der Waals surface area contributed by atoms with Crippen LogP contribution in [0.25, 0.3) is 0 Å². The lowest BCUT2D eigenvalue weighted by Gasteiger charge is -2.07. The van der Waals surface area contributed by atoms with Crippen molar-refractivity contribution in [1.29, 1.82) is 0 Å². The molecule has 0 rings (SSSR count). The van der Waals surface area contributed by atoms with E-state index in [2.05, 4.69) is 5.14 Å². The first-order valence-corrected chi connectivity index (χ1v) is 5.99. The van der Waals surface area contributed by atoms with E-state index in [9.17, 15) is 16.8 Å². The van der Waals surface area contributed by atoms with Gasteiger partial charge in [0.05, 0.1) is 5.75 Å². The van der Waals surface area contributed by atoms with E-state index in [1.54, 1.807) is 0 Å². The Hall–Kier alpha value is 0.0700. The molecule has 0 aliphatic heterocycles. The molecule has 7 nitrogen and oxygen atoms in total. The van der Waals surface area contributed by atoms with Gasteiger partial charge in [0.25, 0.3) is 20.3 Å². The molecule has 0 amide bonds. The summed E-state index contributed by atoms with van der Waals surface area (Å²) in [5.74, 6) is -0.799. The summed E-state index contributed by atoms with van der Waals surface area (Å²) < 4.78 is 49.2. The minimum atomic E-state index is -4.23. The summed E-state index contributed by atoms with van der Waals surface area (Å²) in [6, 6.07) is 0. The Morgan fingerprint density at radius 1 is 1.33 bits per heavy atom. The van der Waals surface area contributed by atoms with Gasteiger partial charge in [0.1, 0.15) is 0 Å². The molecule has 12 heavy (non-hydrogen) atoms. The van der Waals surface area contributed by atoms with Crippen molar-refractivity contribution in [2.45, 2.75) is 0 Å². The minimum Gasteiger partial charge on any atom is -0.286 e. The predicted octanol–water partition coefficient (Wildman–Crippen LogP) is -1.47. The van der Waals surface area contributed by atoms with E-state index in [1.165, 1.54) is 0 Å². The molecule has 0 aromatic rings. The molecule has 0 fully saturated rings. The van der Waals surface area contributed by atoms with Crippen LogP contribution in [0.5, 0.6) is 0 Å². The van der Waals surface area contributed by atoms with Gasteiger partial charge in [-0.15, -0.1) is 0 Å². The van der Waals surface area contributed by atoms with E-state index in [0.29, 0.717) is 0 Å². The van der Waals surface area contributed by atoms with Gasteiger partial charge in [0.2, 0.25) is 0 Å². The van der Waals surface area contributed by atoms with Crippen LogP contribution in [0.15, 0.2) is 0 Å². The second-order valence-electron chi connectivity index (χ2n) is 1.84. The zero-order valence-electron chi connectivity index (χ0n) is 5.71. The van der Waals surface area contributed by atoms with E-state index >= 15 is 0 Å². The Morgan fingerprint density at radius 2 is 1.75 bits per heavy atom. The fraction of sp³-hybridized carbons (Fsp3) is 1.00. The predicted molar refractivity (Wildman–Crippen MR) is 42.1 cm³/mol. The van der Waals surface area contributed by atoms with E-state index < -0.39 is 32.6 Å². The van der Waals surface area contributed by atoms with Crippen LogP contribution >= 0.6 is 11.8 Å². The largest absolute Gasteiger partial charge is 0.290 e. The molecule has 0 bridgehead atoms. The van der Waals surface area contributed by atoms with Gasteiger partial charge in [-0.2, -0.15) is 16.8 Å². The van der Waals surface area contributed by atoms with E-state index in [1.807, 2.05) is 0 Å². The van der Waals surface area contributed by atoms with Gasteiger partial charge >= 0.3 is 0 Å². The fourth-order valence-corrected chi connectivity index (χ4v) is 1.37. The monoisotopic (exact) mass is 238 g/mol. The van der Waals surface area contributed by atoms with Crippen molar-refractivity contribution in [3.8, 4) is 0 Å². The van der Waals surface area contributed by atoms with Crippen LogP contribution in [0, 0.1) is 0 Å². The Kier molecular flexibility index (Phi) is 3.87. The third kappa shape index (κ3) is 5.69. The zero-order chi connectivity index (χ0) is 9.99. The van der Waals surface area contributed by atoms with Crippen molar-refractivity contribution < 1.29 is 21.4 Å². The van der Waals surface area contributed by atoms with Crippen molar-refractivity contribution in [2.24, 2.45) is 5.14 Å². The van der Waals surface area contributed by atoms with Gasteiger partial charge < -0.3 is 0 Å². The maximum absolute atomic E-state index is 10.3. The van der Waals surface area contributed by atoms with E-state index in [0.717, 1.165) is 0 Å². The number of rotatable bonds is 4. The molecule has 74 valence electrons. The summed E-state index contributed by atoms with van der Waals surface area (Å²) in [6.45, 7) is -0.598. The standard InChI is InChI=1S/C2H7ClN2O5S2/c3-5(12(4,9)10)1-2-11(6,7)8/h1-2H2,(H2,4,9,10)(H,6,7,8). The lowest BCUT2D eigenvalue weighted by Crippen LogP contribution is -2.32. The first-order valence-electron chi connectivity index (χ1n) is 2.54. The highest BCUT2D eigenvalue weighted by atomic mass is 35.5. The van der Waals surface area contributed by atoms with Crippen molar-refractivity contribution in [3.63, 3.8) is 0 Å². The molecule has 0 saturated carbocycles. The van der Waals surface area contributed by atoms with Crippen molar-refractivity contribution >= 4 is 32.1 Å². The normalized spacial score (nSPS) is 13.7. The van der Waals surface area contributed by atoms with Crippen LogP contribution in [0.2, 0.25) is 0 Å². The fourth-order valence-electron chi connectivity index (χ4n) is 0.314. The Balaban J connectivity index is 4.16. The van der Waals surface area contributed by atoms with Crippen molar-refractivity contribution in [1.82, 2.24) is 3.82 Å². The Labute approximate surface area is 75.1 Å². The first kappa shape index (κ1) is 12.1. The van der Waals surface area contributed by atoms with Crippen LogP contribution in [0.3, 0.4) is 0 Å². The SMILES string of the molecule is NS(=O)(=O)N(Cl)CCS(=O)(=O)O. The highest BCUT2D eigenvalue weighted by Gasteiger charge is 2.16. The van der Waals surface area contributed by atoms with E-state index in [4.69, 9.17) is 16.3 Å². The highest BCUT2D eigenvalue weighted by Crippen LogP contribution is 1.99. The highest BCUT2D eigenvalue weighted by molar-refractivity contribution is 7.88. The molecular weight excluding hydrogens is 232 g/mol. The molecule has 0 aliphatic carbocycles. The summed E-state index contributed by atoms with van der Waals surface area (Å²) in [6.07, 6.45) is 0. The Bertz CT molecular complexity index is 332.